The summed E-state index contributed by atoms with van der Waals surface area (Å²) >= 11 is 5.90. The van der Waals surface area contributed by atoms with Crippen molar-refractivity contribution in [3.63, 3.8) is 0 Å². The van der Waals surface area contributed by atoms with Crippen LogP contribution in [0.1, 0.15) is 24.4 Å². The van der Waals surface area contributed by atoms with Crippen LogP contribution in [0, 0.1) is 0 Å². The Morgan fingerprint density at radius 2 is 2.40 bits per heavy atom. The summed E-state index contributed by atoms with van der Waals surface area (Å²) in [5.41, 5.74) is 4.66. The van der Waals surface area contributed by atoms with Gasteiger partial charge in [0.2, 0.25) is 0 Å². The van der Waals surface area contributed by atoms with Gasteiger partial charge in [0.15, 0.2) is 5.22 Å². The average molecular weight is 229 g/mol. The fourth-order valence-corrected chi connectivity index (χ4v) is 1.93. The zero-order valence-corrected chi connectivity index (χ0v) is 8.96. The maximum atomic E-state index is 5.90. The fourth-order valence-electron chi connectivity index (χ4n) is 1.70. The van der Waals surface area contributed by atoms with Crippen LogP contribution in [0.5, 0.6) is 0 Å². The minimum Gasteiger partial charge on any atom is -0.501 e. The van der Waals surface area contributed by atoms with Gasteiger partial charge in [0.25, 0.3) is 0 Å². The monoisotopic (exact) mass is 228 g/mol. The van der Waals surface area contributed by atoms with Gasteiger partial charge in [0.1, 0.15) is 0 Å². The molecule has 0 saturated carbocycles. The maximum Gasteiger partial charge on any atom is 0.198 e. The second-order valence-electron chi connectivity index (χ2n) is 3.42. The quantitative estimate of drug-likeness (QED) is 0.615. The number of hydrazine groups is 1. The Labute approximate surface area is 93.0 Å². The van der Waals surface area contributed by atoms with Crippen LogP contribution < -0.4 is 11.3 Å². The van der Waals surface area contributed by atoms with Crippen molar-refractivity contribution in [2.75, 3.05) is 6.61 Å². The Hall–Kier alpha value is -0.970. The van der Waals surface area contributed by atoms with E-state index in [1.54, 1.807) is 12.5 Å². The molecule has 1 aliphatic rings. The second kappa shape index (κ2) is 4.70. The van der Waals surface area contributed by atoms with Crippen molar-refractivity contribution in [1.29, 1.82) is 0 Å². The molecule has 0 aliphatic carbocycles. The van der Waals surface area contributed by atoms with Crippen molar-refractivity contribution in [2.24, 2.45) is 5.84 Å². The lowest BCUT2D eigenvalue weighted by Crippen LogP contribution is -2.30. The van der Waals surface area contributed by atoms with Gasteiger partial charge in [0, 0.05) is 5.56 Å². The SMILES string of the molecule is NNC(C1=COCCC1)c1ccoc1Cl. The van der Waals surface area contributed by atoms with Gasteiger partial charge >= 0.3 is 0 Å². The van der Waals surface area contributed by atoms with Gasteiger partial charge in [-0.2, -0.15) is 0 Å². The van der Waals surface area contributed by atoms with E-state index >= 15 is 0 Å². The van der Waals surface area contributed by atoms with Crippen LogP contribution in [-0.2, 0) is 4.74 Å². The highest BCUT2D eigenvalue weighted by molar-refractivity contribution is 6.29. The summed E-state index contributed by atoms with van der Waals surface area (Å²) in [6.07, 6.45) is 5.25. The predicted octanol–water partition coefficient (Wildman–Crippen LogP) is 2.13. The van der Waals surface area contributed by atoms with E-state index in [0.717, 1.165) is 30.6 Å². The van der Waals surface area contributed by atoms with Crippen LogP contribution in [-0.4, -0.2) is 6.61 Å². The highest BCUT2D eigenvalue weighted by atomic mass is 35.5. The van der Waals surface area contributed by atoms with E-state index in [4.69, 9.17) is 26.6 Å². The van der Waals surface area contributed by atoms with E-state index in [1.165, 1.54) is 0 Å². The van der Waals surface area contributed by atoms with E-state index in [9.17, 15) is 0 Å². The van der Waals surface area contributed by atoms with Crippen molar-refractivity contribution < 1.29 is 9.15 Å². The summed E-state index contributed by atoms with van der Waals surface area (Å²) < 4.78 is 10.3. The summed E-state index contributed by atoms with van der Waals surface area (Å²) in [4.78, 5) is 0. The van der Waals surface area contributed by atoms with Gasteiger partial charge in [-0.25, -0.2) is 5.43 Å². The molecule has 1 aromatic heterocycles. The zero-order chi connectivity index (χ0) is 10.7. The molecule has 0 saturated heterocycles. The molecule has 1 unspecified atom stereocenters. The number of ether oxygens (including phenoxy) is 1. The van der Waals surface area contributed by atoms with Gasteiger partial charge < -0.3 is 9.15 Å². The van der Waals surface area contributed by atoms with Crippen LogP contribution in [0.15, 0.2) is 28.6 Å². The molecule has 0 bridgehead atoms. The number of hydrogen-bond acceptors (Lipinski definition) is 4. The number of rotatable bonds is 3. The summed E-state index contributed by atoms with van der Waals surface area (Å²) in [6.45, 7) is 0.764. The first-order valence-corrected chi connectivity index (χ1v) is 5.20. The molecular weight excluding hydrogens is 216 g/mol. The third kappa shape index (κ3) is 2.17. The Morgan fingerprint density at radius 3 is 2.93 bits per heavy atom. The first-order chi connectivity index (χ1) is 7.33. The molecule has 2 heterocycles. The van der Waals surface area contributed by atoms with Gasteiger partial charge in [-0.05, 0) is 36.1 Å². The molecule has 2 rings (SSSR count). The number of nitrogens with two attached hydrogens (primary N) is 1. The van der Waals surface area contributed by atoms with Crippen LogP contribution >= 0.6 is 11.6 Å². The van der Waals surface area contributed by atoms with Gasteiger partial charge in [0.05, 0.1) is 25.2 Å². The summed E-state index contributed by atoms with van der Waals surface area (Å²) in [5.74, 6) is 5.52. The molecule has 5 heteroatoms. The first-order valence-electron chi connectivity index (χ1n) is 4.82. The van der Waals surface area contributed by atoms with Gasteiger partial charge in [-0.15, -0.1) is 0 Å². The molecule has 1 aliphatic heterocycles. The van der Waals surface area contributed by atoms with E-state index < -0.39 is 0 Å². The maximum absolute atomic E-state index is 5.90. The van der Waals surface area contributed by atoms with Crippen molar-refractivity contribution in [1.82, 2.24) is 5.43 Å². The predicted molar refractivity (Wildman–Crippen MR) is 57.1 cm³/mol. The van der Waals surface area contributed by atoms with Crippen LogP contribution in [0.25, 0.3) is 0 Å². The van der Waals surface area contributed by atoms with Crippen LogP contribution in [0.3, 0.4) is 0 Å². The molecule has 3 N–H and O–H groups in total. The molecule has 1 aromatic rings. The van der Waals surface area contributed by atoms with Crippen LogP contribution in [0.4, 0.5) is 0 Å². The lowest BCUT2D eigenvalue weighted by Gasteiger charge is -2.21. The minimum atomic E-state index is -0.128. The molecule has 4 nitrogen and oxygen atoms in total. The molecular formula is C10H13ClN2O2. The fraction of sp³-hybridized carbons (Fsp3) is 0.400. The van der Waals surface area contributed by atoms with Crippen molar-refractivity contribution >= 4 is 11.6 Å². The molecule has 82 valence electrons. The molecule has 0 amide bonds. The van der Waals surface area contributed by atoms with Gasteiger partial charge in [-0.1, -0.05) is 0 Å². The third-order valence-corrected chi connectivity index (χ3v) is 2.76. The Bertz CT molecular complexity index is 362. The first kappa shape index (κ1) is 10.5. The number of halogens is 1. The molecule has 15 heavy (non-hydrogen) atoms. The topological polar surface area (TPSA) is 60.4 Å². The zero-order valence-electron chi connectivity index (χ0n) is 8.20. The van der Waals surface area contributed by atoms with E-state index in [2.05, 4.69) is 5.43 Å². The second-order valence-corrected chi connectivity index (χ2v) is 3.76. The molecule has 0 aromatic carbocycles. The lowest BCUT2D eigenvalue weighted by atomic mass is 9.98. The van der Waals surface area contributed by atoms with Crippen LogP contribution in [0.2, 0.25) is 5.22 Å². The standard InChI is InChI=1S/C10H13ClN2O2/c11-10-8(3-5-15-10)9(13-12)7-2-1-4-14-6-7/h3,5-6,9,13H,1-2,4,12H2. The highest BCUT2D eigenvalue weighted by Crippen LogP contribution is 2.31. The van der Waals surface area contributed by atoms with E-state index in [-0.39, 0.29) is 6.04 Å². The van der Waals surface area contributed by atoms with Crippen molar-refractivity contribution in [3.8, 4) is 0 Å². The number of nitrogens with one attached hydrogen (secondary N) is 1. The van der Waals surface area contributed by atoms with E-state index in [1.807, 2.05) is 6.07 Å². The minimum absolute atomic E-state index is 0.128. The number of hydrogen-bond donors (Lipinski definition) is 2. The van der Waals surface area contributed by atoms with E-state index in [0.29, 0.717) is 5.22 Å². The molecule has 0 spiro atoms. The average Bonchev–Trinajstić information content (AvgIpc) is 2.68. The van der Waals surface area contributed by atoms with Crippen molar-refractivity contribution in [2.45, 2.75) is 18.9 Å². The summed E-state index contributed by atoms with van der Waals surface area (Å²) in [5, 5.41) is 0.365. The smallest absolute Gasteiger partial charge is 0.198 e. The molecule has 1 atom stereocenters. The Kier molecular flexibility index (Phi) is 3.30. The molecule has 0 radical (unpaired) electrons. The highest BCUT2D eigenvalue weighted by Gasteiger charge is 2.21. The lowest BCUT2D eigenvalue weighted by molar-refractivity contribution is 0.219. The number of furan rings is 1. The normalized spacial score (nSPS) is 18.1. The Morgan fingerprint density at radius 1 is 1.53 bits per heavy atom. The summed E-state index contributed by atoms with van der Waals surface area (Å²) in [6, 6.07) is 1.68. The molecule has 0 fully saturated rings. The van der Waals surface area contributed by atoms with Gasteiger partial charge in [-0.3, -0.25) is 5.84 Å². The largest absolute Gasteiger partial charge is 0.501 e. The third-order valence-electron chi connectivity index (χ3n) is 2.46. The Balaban J connectivity index is 2.24. The summed E-state index contributed by atoms with van der Waals surface area (Å²) in [7, 11) is 0. The van der Waals surface area contributed by atoms with Crippen molar-refractivity contribution in [3.05, 3.63) is 34.9 Å².